The van der Waals surface area contributed by atoms with E-state index in [0.29, 0.717) is 5.22 Å². The second-order valence-corrected chi connectivity index (χ2v) is 10.2. The molecule has 0 radical (unpaired) electrons. The zero-order chi connectivity index (χ0) is 23.0. The van der Waals surface area contributed by atoms with Crippen LogP contribution in [0.3, 0.4) is 0 Å². The smallest absolute Gasteiger partial charge is 0.209 e. The minimum absolute atomic E-state index is 0.0492. The van der Waals surface area contributed by atoms with Gasteiger partial charge in [-0.1, -0.05) is 50.2 Å². The predicted molar refractivity (Wildman–Crippen MR) is 132 cm³/mol. The third-order valence-corrected chi connectivity index (χ3v) is 7.66. The van der Waals surface area contributed by atoms with Gasteiger partial charge in [-0.05, 0) is 31.6 Å². The summed E-state index contributed by atoms with van der Waals surface area (Å²) in [7, 11) is 4.03. The second kappa shape index (κ2) is 6.61. The van der Waals surface area contributed by atoms with E-state index >= 15 is 0 Å². The first-order chi connectivity index (χ1) is 15.1. The van der Waals surface area contributed by atoms with E-state index in [9.17, 15) is 9.59 Å². The van der Waals surface area contributed by atoms with Gasteiger partial charge < -0.3 is 4.90 Å². The van der Waals surface area contributed by atoms with Crippen LogP contribution in [0, 0.1) is 0 Å². The molecular formula is C28H29N2O2+. The third-order valence-electron chi connectivity index (χ3n) is 7.66. The number of hydrogen-bond donors (Lipinski definition) is 0. The maximum atomic E-state index is 13.1. The molecule has 0 spiro atoms. The Morgan fingerprint density at radius 1 is 0.875 bits per heavy atom. The van der Waals surface area contributed by atoms with Gasteiger partial charge in [-0.2, -0.15) is 4.58 Å². The Hall–Kier alpha value is -3.27. The molecule has 0 aliphatic carbocycles. The molecule has 3 aromatic carbocycles. The van der Waals surface area contributed by atoms with Crippen molar-refractivity contribution in [2.24, 2.45) is 0 Å². The normalized spacial score (nSPS) is 20.4. The number of rotatable bonds is 2. The predicted octanol–water partition coefficient (Wildman–Crippen LogP) is 2.35. The quantitative estimate of drug-likeness (QED) is 0.592. The van der Waals surface area contributed by atoms with Crippen molar-refractivity contribution in [2.45, 2.75) is 44.6 Å². The number of para-hydroxylation sites is 2. The molecule has 2 heterocycles. The maximum absolute atomic E-state index is 13.1. The summed E-state index contributed by atoms with van der Waals surface area (Å²) in [6.07, 6.45) is 3.69. The Balaban J connectivity index is 1.61. The number of likely N-dealkylation sites (N-methyl/N-ethyl adjacent to an activating group) is 1. The fourth-order valence-electron chi connectivity index (χ4n) is 5.71. The highest BCUT2D eigenvalue weighted by Crippen LogP contribution is 2.44. The fraction of sp³-hybridized carbons (Fsp3) is 0.321. The highest BCUT2D eigenvalue weighted by Gasteiger charge is 2.44. The zero-order valence-corrected chi connectivity index (χ0v) is 19.6. The van der Waals surface area contributed by atoms with E-state index in [1.807, 2.05) is 44.4 Å². The number of fused-ring (bicyclic) bond motifs is 2. The van der Waals surface area contributed by atoms with Crippen LogP contribution in [0.5, 0.6) is 0 Å². The average molecular weight is 426 g/mol. The van der Waals surface area contributed by atoms with Gasteiger partial charge in [0.2, 0.25) is 16.5 Å². The van der Waals surface area contributed by atoms with Gasteiger partial charge in [0, 0.05) is 35.9 Å². The second-order valence-electron chi connectivity index (χ2n) is 10.2. The molecule has 1 unspecified atom stereocenters. The van der Waals surface area contributed by atoms with Crippen LogP contribution in [0.15, 0.2) is 58.1 Å². The van der Waals surface area contributed by atoms with Gasteiger partial charge in [0.05, 0.1) is 21.9 Å². The molecule has 0 saturated carbocycles. The molecule has 0 fully saturated rings. The molecule has 0 saturated heterocycles. The summed E-state index contributed by atoms with van der Waals surface area (Å²) in [6, 6.07) is 16.5. The highest BCUT2D eigenvalue weighted by molar-refractivity contribution is 6.15. The average Bonchev–Trinajstić information content (AvgIpc) is 3.09. The van der Waals surface area contributed by atoms with Crippen molar-refractivity contribution in [3.8, 4) is 0 Å². The van der Waals surface area contributed by atoms with E-state index in [1.165, 1.54) is 11.1 Å². The lowest BCUT2D eigenvalue weighted by molar-refractivity contribution is -0.400. The third kappa shape index (κ3) is 2.59. The molecule has 3 aromatic rings. The molecule has 2 aliphatic heterocycles. The lowest BCUT2D eigenvalue weighted by atomic mass is 9.79. The van der Waals surface area contributed by atoms with Gasteiger partial charge in [-0.3, -0.25) is 9.59 Å². The van der Waals surface area contributed by atoms with Gasteiger partial charge in [0.25, 0.3) is 0 Å². The van der Waals surface area contributed by atoms with Crippen molar-refractivity contribution in [3.63, 3.8) is 0 Å². The first-order valence-electron chi connectivity index (χ1n) is 11.1. The van der Waals surface area contributed by atoms with E-state index in [4.69, 9.17) is 0 Å². The summed E-state index contributed by atoms with van der Waals surface area (Å²) in [5.41, 5.74) is 4.92. The molecule has 4 nitrogen and oxygen atoms in total. The monoisotopic (exact) mass is 425 g/mol. The van der Waals surface area contributed by atoms with Crippen molar-refractivity contribution in [1.82, 2.24) is 0 Å². The van der Waals surface area contributed by atoms with Crippen LogP contribution in [-0.2, 0) is 10.8 Å². The van der Waals surface area contributed by atoms with E-state index in [0.717, 1.165) is 17.1 Å². The lowest BCUT2D eigenvalue weighted by Crippen LogP contribution is -2.66. The van der Waals surface area contributed by atoms with E-state index in [1.54, 1.807) is 6.08 Å². The topological polar surface area (TPSA) is 40.4 Å². The fourth-order valence-corrected chi connectivity index (χ4v) is 5.71. The SMILES string of the molecule is CN1c2ccccc2C(C)(C)C1C=c1c(=O)c(=CC2=[N+](C)c3ccccc3C2(C)C)c1=O. The van der Waals surface area contributed by atoms with Crippen molar-refractivity contribution in [1.29, 1.82) is 0 Å². The lowest BCUT2D eigenvalue weighted by Gasteiger charge is -2.29. The molecule has 5 rings (SSSR count). The largest absolute Gasteiger partial charge is 0.367 e. The van der Waals surface area contributed by atoms with Gasteiger partial charge in [-0.15, -0.1) is 0 Å². The summed E-state index contributed by atoms with van der Waals surface area (Å²) < 4.78 is 2.09. The Labute approximate surface area is 188 Å². The van der Waals surface area contributed by atoms with Crippen molar-refractivity contribution < 1.29 is 4.58 Å². The van der Waals surface area contributed by atoms with Gasteiger partial charge in [0.1, 0.15) is 7.05 Å². The van der Waals surface area contributed by atoms with Crippen molar-refractivity contribution in [3.05, 3.63) is 90.5 Å². The zero-order valence-electron chi connectivity index (χ0n) is 19.6. The van der Waals surface area contributed by atoms with Gasteiger partial charge in [0.15, 0.2) is 5.71 Å². The van der Waals surface area contributed by atoms with Gasteiger partial charge >= 0.3 is 0 Å². The van der Waals surface area contributed by atoms with Gasteiger partial charge in [-0.25, -0.2) is 0 Å². The molecule has 1 atom stereocenters. The van der Waals surface area contributed by atoms with Crippen molar-refractivity contribution >= 4 is 29.2 Å². The summed E-state index contributed by atoms with van der Waals surface area (Å²) in [5.74, 6) is 0. The molecule has 0 N–H and O–H groups in total. The molecule has 0 amide bonds. The minimum atomic E-state index is -0.270. The molecule has 162 valence electrons. The number of hydrogen-bond acceptors (Lipinski definition) is 3. The molecule has 2 aliphatic rings. The highest BCUT2D eigenvalue weighted by atomic mass is 16.1. The first-order valence-corrected chi connectivity index (χ1v) is 11.1. The minimum Gasteiger partial charge on any atom is -0.367 e. The molecular weight excluding hydrogens is 396 g/mol. The van der Waals surface area contributed by atoms with E-state index in [-0.39, 0.29) is 32.9 Å². The van der Waals surface area contributed by atoms with E-state index in [2.05, 4.69) is 61.4 Å². The maximum Gasteiger partial charge on any atom is 0.209 e. The standard InChI is InChI=1S/C28H29N2O2/c1-27(2)19-11-7-9-13-21(19)29(5)23(27)15-17-25(31)18(26(17)32)16-24-28(3,4)20-12-8-10-14-22(20)30(24)6/h7-16,23H,1-6H3/q+1. The van der Waals surface area contributed by atoms with Crippen molar-refractivity contribution in [2.75, 3.05) is 19.0 Å². The first kappa shape index (κ1) is 20.6. The summed E-state index contributed by atoms with van der Waals surface area (Å²) in [4.78, 5) is 28.4. The van der Waals surface area contributed by atoms with Crippen LogP contribution >= 0.6 is 0 Å². The molecule has 4 heteroatoms. The Kier molecular flexibility index (Phi) is 4.26. The van der Waals surface area contributed by atoms with Crippen LogP contribution in [0.25, 0.3) is 12.2 Å². The number of benzene rings is 2. The Bertz CT molecular complexity index is 1470. The number of nitrogens with zero attached hydrogens (tertiary/aromatic N) is 2. The van der Waals surface area contributed by atoms with E-state index < -0.39 is 0 Å². The summed E-state index contributed by atoms with van der Waals surface area (Å²) >= 11 is 0. The van der Waals surface area contributed by atoms with Crippen LogP contribution in [0.2, 0.25) is 0 Å². The Morgan fingerprint density at radius 3 is 2.09 bits per heavy atom. The molecule has 0 bridgehead atoms. The van der Waals surface area contributed by atoms with Crippen LogP contribution in [0.4, 0.5) is 11.4 Å². The van der Waals surface area contributed by atoms with Crippen LogP contribution < -0.4 is 26.2 Å². The van der Waals surface area contributed by atoms with Crippen LogP contribution in [-0.4, -0.2) is 30.4 Å². The summed E-state index contributed by atoms with van der Waals surface area (Å²) in [5, 5.41) is 0.598. The molecule has 32 heavy (non-hydrogen) atoms. The van der Waals surface area contributed by atoms with Crippen LogP contribution in [0.1, 0.15) is 38.8 Å². The number of anilines is 1. The Morgan fingerprint density at radius 2 is 1.47 bits per heavy atom. The summed E-state index contributed by atoms with van der Waals surface area (Å²) in [6.45, 7) is 8.62. The molecule has 0 aromatic heterocycles.